The fourth-order valence-corrected chi connectivity index (χ4v) is 2.40. The highest BCUT2D eigenvalue weighted by molar-refractivity contribution is 7.99. The maximum absolute atomic E-state index is 5.36. The lowest BCUT2D eigenvalue weighted by molar-refractivity contribution is 0.354. The molecule has 5 nitrogen and oxygen atoms in total. The average molecular weight is 354 g/mol. The van der Waals surface area contributed by atoms with Crippen LogP contribution in [0.3, 0.4) is 0 Å². The molecular weight excluding hydrogens is 322 g/mol. The fraction of sp³-hybridized carbons (Fsp3) is 0.611. The van der Waals surface area contributed by atoms with Gasteiger partial charge in [0.05, 0.1) is 14.2 Å². The fourth-order valence-electron chi connectivity index (χ4n) is 2.19. The van der Waals surface area contributed by atoms with Gasteiger partial charge in [-0.25, -0.2) is 0 Å². The molecule has 0 aliphatic rings. The van der Waals surface area contributed by atoms with Crippen LogP contribution in [0.1, 0.15) is 19.4 Å². The first-order valence-electron chi connectivity index (χ1n) is 8.04. The maximum atomic E-state index is 5.36. The molecule has 1 rings (SSSR count). The van der Waals surface area contributed by atoms with Crippen molar-refractivity contribution in [2.45, 2.75) is 25.0 Å². The van der Waals surface area contributed by atoms with E-state index in [9.17, 15) is 0 Å². The number of hydrogen-bond donors (Lipinski definition) is 1. The van der Waals surface area contributed by atoms with Gasteiger partial charge in [-0.1, -0.05) is 6.07 Å². The number of rotatable bonds is 8. The van der Waals surface area contributed by atoms with Crippen molar-refractivity contribution in [3.63, 3.8) is 0 Å². The number of ether oxygens (including phenoxy) is 2. The number of nitrogens with zero attached hydrogens (tertiary/aromatic N) is 2. The number of benzene rings is 1. The molecule has 136 valence electrons. The number of guanidine groups is 1. The van der Waals surface area contributed by atoms with Crippen LogP contribution >= 0.6 is 11.8 Å². The third-order valence-corrected chi connectivity index (χ3v) is 5.23. The third-order valence-electron chi connectivity index (χ3n) is 3.98. The lowest BCUT2D eigenvalue weighted by Crippen LogP contribution is -2.44. The SMILES string of the molecule is CN=C(NCC(C)(C)SC)N(C)CCc1ccc(OC)c(OC)c1. The minimum Gasteiger partial charge on any atom is -0.493 e. The summed E-state index contributed by atoms with van der Waals surface area (Å²) in [5.41, 5.74) is 1.21. The molecule has 24 heavy (non-hydrogen) atoms. The van der Waals surface area contributed by atoms with Crippen molar-refractivity contribution >= 4 is 17.7 Å². The van der Waals surface area contributed by atoms with Gasteiger partial charge < -0.3 is 19.7 Å². The van der Waals surface area contributed by atoms with Gasteiger partial charge in [-0.3, -0.25) is 4.99 Å². The van der Waals surface area contributed by atoms with Crippen molar-refractivity contribution in [3.05, 3.63) is 23.8 Å². The molecule has 1 aromatic rings. The van der Waals surface area contributed by atoms with E-state index in [2.05, 4.69) is 48.4 Å². The number of nitrogens with one attached hydrogen (secondary N) is 1. The Balaban J connectivity index is 2.62. The molecule has 0 aliphatic heterocycles. The summed E-state index contributed by atoms with van der Waals surface area (Å²) >= 11 is 1.85. The van der Waals surface area contributed by atoms with Gasteiger partial charge in [0.2, 0.25) is 0 Å². The summed E-state index contributed by atoms with van der Waals surface area (Å²) in [6, 6.07) is 6.05. The summed E-state index contributed by atoms with van der Waals surface area (Å²) in [7, 11) is 7.19. The Morgan fingerprint density at radius 1 is 1.25 bits per heavy atom. The van der Waals surface area contributed by atoms with Crippen LogP contribution in [0.2, 0.25) is 0 Å². The summed E-state index contributed by atoms with van der Waals surface area (Å²) < 4.78 is 10.8. The molecule has 1 N–H and O–H groups in total. The van der Waals surface area contributed by atoms with E-state index < -0.39 is 0 Å². The van der Waals surface area contributed by atoms with Gasteiger partial charge in [-0.2, -0.15) is 11.8 Å². The summed E-state index contributed by atoms with van der Waals surface area (Å²) in [5.74, 6) is 2.44. The van der Waals surface area contributed by atoms with Gasteiger partial charge in [0.15, 0.2) is 17.5 Å². The van der Waals surface area contributed by atoms with Crippen LogP contribution in [-0.2, 0) is 6.42 Å². The molecule has 0 spiro atoms. The van der Waals surface area contributed by atoms with E-state index in [0.717, 1.165) is 37.0 Å². The Morgan fingerprint density at radius 2 is 1.92 bits per heavy atom. The van der Waals surface area contributed by atoms with Crippen LogP contribution in [0.15, 0.2) is 23.2 Å². The zero-order valence-electron chi connectivity index (χ0n) is 16.0. The Morgan fingerprint density at radius 3 is 2.46 bits per heavy atom. The van der Waals surface area contributed by atoms with Crippen molar-refractivity contribution < 1.29 is 9.47 Å². The number of aliphatic imine (C=N–C) groups is 1. The number of methoxy groups -OCH3 is 2. The second kappa shape index (κ2) is 9.67. The lowest BCUT2D eigenvalue weighted by Gasteiger charge is -2.27. The smallest absolute Gasteiger partial charge is 0.193 e. The zero-order chi connectivity index (χ0) is 18.2. The minimum absolute atomic E-state index is 0.181. The van der Waals surface area contributed by atoms with E-state index in [0.29, 0.717) is 0 Å². The van der Waals surface area contributed by atoms with E-state index in [1.54, 1.807) is 14.2 Å². The van der Waals surface area contributed by atoms with Gasteiger partial charge in [-0.15, -0.1) is 0 Å². The molecule has 0 saturated carbocycles. The second-order valence-corrected chi connectivity index (χ2v) is 7.74. The van der Waals surface area contributed by atoms with Crippen LogP contribution in [0, 0.1) is 0 Å². The molecule has 0 bridgehead atoms. The molecule has 0 atom stereocenters. The predicted molar refractivity (Wildman–Crippen MR) is 105 cm³/mol. The monoisotopic (exact) mass is 353 g/mol. The standard InChI is InChI=1S/C18H31N3O2S/c1-18(2,24-7)13-20-17(19-3)21(4)11-10-14-8-9-15(22-5)16(12-14)23-6/h8-9,12H,10-11,13H2,1-7H3,(H,19,20). The highest BCUT2D eigenvalue weighted by Crippen LogP contribution is 2.27. The summed E-state index contributed by atoms with van der Waals surface area (Å²) in [4.78, 5) is 6.52. The molecule has 0 aromatic heterocycles. The molecule has 0 aliphatic carbocycles. The maximum Gasteiger partial charge on any atom is 0.193 e. The Hall–Kier alpha value is -1.56. The van der Waals surface area contributed by atoms with Crippen molar-refractivity contribution in [3.8, 4) is 11.5 Å². The highest BCUT2D eigenvalue weighted by Gasteiger charge is 2.17. The van der Waals surface area contributed by atoms with Gasteiger partial charge in [0, 0.05) is 31.9 Å². The van der Waals surface area contributed by atoms with Crippen molar-refractivity contribution in [1.82, 2.24) is 10.2 Å². The molecule has 0 fully saturated rings. The number of thioether (sulfide) groups is 1. The number of likely N-dealkylation sites (N-methyl/N-ethyl adjacent to an activating group) is 1. The van der Waals surface area contributed by atoms with E-state index in [1.165, 1.54) is 5.56 Å². The van der Waals surface area contributed by atoms with Crippen LogP contribution in [0.25, 0.3) is 0 Å². The van der Waals surface area contributed by atoms with Gasteiger partial charge >= 0.3 is 0 Å². The Kier molecular flexibility index (Phi) is 8.25. The second-order valence-electron chi connectivity index (χ2n) is 6.23. The van der Waals surface area contributed by atoms with E-state index >= 15 is 0 Å². The first kappa shape index (κ1) is 20.5. The Bertz CT molecular complexity index is 547. The van der Waals surface area contributed by atoms with Crippen molar-refractivity contribution in [2.75, 3.05) is 47.7 Å². The van der Waals surface area contributed by atoms with Gasteiger partial charge in [-0.05, 0) is 44.2 Å². The quantitative estimate of drug-likeness (QED) is 0.575. The molecule has 6 heteroatoms. The highest BCUT2D eigenvalue weighted by atomic mass is 32.2. The third kappa shape index (κ3) is 6.15. The number of hydrogen-bond acceptors (Lipinski definition) is 4. The molecular formula is C18H31N3O2S. The zero-order valence-corrected chi connectivity index (χ0v) is 16.8. The molecule has 0 heterocycles. The minimum atomic E-state index is 0.181. The molecule has 0 unspecified atom stereocenters. The average Bonchev–Trinajstić information content (AvgIpc) is 2.59. The van der Waals surface area contributed by atoms with E-state index in [-0.39, 0.29) is 4.75 Å². The van der Waals surface area contributed by atoms with Crippen LogP contribution in [-0.4, -0.2) is 63.3 Å². The molecule has 0 radical (unpaired) electrons. The Labute approximate surface area is 150 Å². The molecule has 1 aromatic carbocycles. The van der Waals surface area contributed by atoms with Crippen molar-refractivity contribution in [1.29, 1.82) is 0 Å². The first-order valence-corrected chi connectivity index (χ1v) is 9.27. The predicted octanol–water partition coefficient (Wildman–Crippen LogP) is 2.90. The van der Waals surface area contributed by atoms with Gasteiger partial charge in [0.25, 0.3) is 0 Å². The summed E-state index contributed by atoms with van der Waals surface area (Å²) in [5, 5.41) is 3.45. The lowest BCUT2D eigenvalue weighted by atomic mass is 10.1. The largest absolute Gasteiger partial charge is 0.493 e. The summed E-state index contributed by atoms with van der Waals surface area (Å²) in [6.45, 7) is 6.19. The molecule has 0 saturated heterocycles. The topological polar surface area (TPSA) is 46.1 Å². The summed E-state index contributed by atoms with van der Waals surface area (Å²) in [6.07, 6.45) is 3.04. The van der Waals surface area contributed by atoms with Gasteiger partial charge in [0.1, 0.15) is 0 Å². The van der Waals surface area contributed by atoms with E-state index in [1.807, 2.05) is 30.9 Å². The van der Waals surface area contributed by atoms with Crippen molar-refractivity contribution in [2.24, 2.45) is 4.99 Å². The van der Waals surface area contributed by atoms with E-state index in [4.69, 9.17) is 9.47 Å². The first-order chi connectivity index (χ1) is 11.4. The van der Waals surface area contributed by atoms with Crippen LogP contribution in [0.5, 0.6) is 11.5 Å². The normalized spacial score (nSPS) is 12.0. The van der Waals surface area contributed by atoms with Crippen LogP contribution < -0.4 is 14.8 Å². The molecule has 0 amide bonds. The van der Waals surface area contributed by atoms with Crippen LogP contribution in [0.4, 0.5) is 0 Å².